The van der Waals surface area contributed by atoms with Gasteiger partial charge >= 0.3 is 0 Å². The molecule has 4 rings (SSSR count). The van der Waals surface area contributed by atoms with Crippen LogP contribution in [0.25, 0.3) is 11.0 Å². The number of nitrogens with two attached hydrogens (primary N) is 1. The van der Waals surface area contributed by atoms with Crippen LogP contribution >= 0.6 is 0 Å². The van der Waals surface area contributed by atoms with Crippen LogP contribution in [0.4, 0.5) is 11.6 Å². The minimum Gasteiger partial charge on any atom is -0.457 e. The van der Waals surface area contributed by atoms with Crippen molar-refractivity contribution in [2.24, 2.45) is 12.8 Å². The monoisotopic (exact) mass is 415 g/mol. The van der Waals surface area contributed by atoms with Crippen LogP contribution < -0.4 is 15.8 Å². The molecule has 0 unspecified atom stereocenters. The van der Waals surface area contributed by atoms with Crippen molar-refractivity contribution in [3.63, 3.8) is 0 Å². The number of rotatable bonds is 8. The fraction of sp³-hybridized carbons (Fsp3) is 0.208. The number of imidazole rings is 1. The molecule has 7 heteroatoms. The Morgan fingerprint density at radius 2 is 1.87 bits per heavy atom. The Morgan fingerprint density at radius 3 is 2.61 bits per heavy atom. The van der Waals surface area contributed by atoms with E-state index in [4.69, 9.17) is 15.5 Å². The topological polar surface area (TPSA) is 95.1 Å². The third-order valence-corrected chi connectivity index (χ3v) is 5.10. The molecule has 3 N–H and O–H groups in total. The Balaban J connectivity index is 1.54. The maximum atomic E-state index is 11.6. The van der Waals surface area contributed by atoms with E-state index in [1.54, 1.807) is 18.3 Å². The highest BCUT2D eigenvalue weighted by Crippen LogP contribution is 2.28. The first-order valence-electron chi connectivity index (χ1n) is 10.2. The first kappa shape index (κ1) is 20.6. The summed E-state index contributed by atoms with van der Waals surface area (Å²) in [4.78, 5) is 20.5. The van der Waals surface area contributed by atoms with Crippen LogP contribution in [0.5, 0.6) is 11.5 Å². The van der Waals surface area contributed by atoms with Crippen molar-refractivity contribution in [1.82, 2.24) is 14.5 Å². The second-order valence-corrected chi connectivity index (χ2v) is 7.32. The molecule has 0 radical (unpaired) electrons. The maximum Gasteiger partial charge on any atom is 0.208 e. The summed E-state index contributed by atoms with van der Waals surface area (Å²) < 4.78 is 7.99. The van der Waals surface area contributed by atoms with Crippen LogP contribution in [0.2, 0.25) is 0 Å². The molecule has 0 saturated carbocycles. The first-order valence-corrected chi connectivity index (χ1v) is 10.2. The van der Waals surface area contributed by atoms with E-state index in [0.29, 0.717) is 17.2 Å². The van der Waals surface area contributed by atoms with Crippen LogP contribution in [-0.2, 0) is 24.7 Å². The molecular formula is C24H25N5O2. The summed E-state index contributed by atoms with van der Waals surface area (Å²) in [6, 6.07) is 17.6. The van der Waals surface area contributed by atoms with Crippen molar-refractivity contribution in [2.45, 2.75) is 19.8 Å². The highest BCUT2D eigenvalue weighted by molar-refractivity contribution is 5.82. The summed E-state index contributed by atoms with van der Waals surface area (Å²) in [6.45, 7) is 2.14. The Labute approximate surface area is 180 Å². The number of Topliss-reactive ketones (excluding diaryl/α,β-unsaturated/α-hetero) is 1. The molecule has 2 heterocycles. The zero-order chi connectivity index (χ0) is 21.8. The molecule has 2 aromatic carbocycles. The number of nitrogens with zero attached hydrogens (tertiary/aromatic N) is 3. The van der Waals surface area contributed by atoms with Gasteiger partial charge < -0.3 is 20.4 Å². The molecule has 0 spiro atoms. The van der Waals surface area contributed by atoms with E-state index in [2.05, 4.69) is 41.5 Å². The smallest absolute Gasteiger partial charge is 0.208 e. The molecule has 0 amide bonds. The van der Waals surface area contributed by atoms with Gasteiger partial charge in [0.2, 0.25) is 5.95 Å². The zero-order valence-electron chi connectivity index (χ0n) is 17.6. The molecule has 7 nitrogen and oxygen atoms in total. The number of fused-ring (bicyclic) bond motifs is 1. The highest BCUT2D eigenvalue weighted by Gasteiger charge is 2.10. The minimum absolute atomic E-state index is 0.00221. The number of benzene rings is 2. The van der Waals surface area contributed by atoms with Gasteiger partial charge in [-0.2, -0.15) is 0 Å². The number of nitrogens with one attached hydrogen (secondary N) is 1. The third kappa shape index (κ3) is 4.73. The molecular weight excluding hydrogens is 390 g/mol. The van der Waals surface area contributed by atoms with E-state index in [-0.39, 0.29) is 18.7 Å². The molecule has 0 bridgehead atoms. The van der Waals surface area contributed by atoms with Gasteiger partial charge in [0, 0.05) is 31.1 Å². The number of aryl methyl sites for hydroxylation is 2. The number of ether oxygens (including phenoxy) is 1. The normalized spacial score (nSPS) is 10.9. The number of carbonyl (C=O) groups excluding carboxylic acids is 1. The predicted octanol–water partition coefficient (Wildman–Crippen LogP) is 4.14. The molecule has 0 aliphatic heterocycles. The van der Waals surface area contributed by atoms with E-state index in [0.717, 1.165) is 29.1 Å². The van der Waals surface area contributed by atoms with Gasteiger partial charge in [0.25, 0.3) is 0 Å². The second kappa shape index (κ2) is 8.97. The highest BCUT2D eigenvalue weighted by atomic mass is 16.5. The van der Waals surface area contributed by atoms with Crippen molar-refractivity contribution in [2.75, 3.05) is 11.9 Å². The van der Waals surface area contributed by atoms with Gasteiger partial charge in [-0.25, -0.2) is 4.98 Å². The number of hydrogen-bond donors (Lipinski definition) is 2. The summed E-state index contributed by atoms with van der Waals surface area (Å²) in [6.07, 6.45) is 2.83. The van der Waals surface area contributed by atoms with Crippen molar-refractivity contribution in [3.05, 3.63) is 72.1 Å². The lowest BCUT2D eigenvalue weighted by Crippen LogP contribution is -2.16. The molecule has 0 saturated heterocycles. The summed E-state index contributed by atoms with van der Waals surface area (Å²) >= 11 is 0. The third-order valence-electron chi connectivity index (χ3n) is 5.10. The van der Waals surface area contributed by atoms with Crippen molar-refractivity contribution < 1.29 is 9.53 Å². The molecule has 2 aromatic heterocycles. The van der Waals surface area contributed by atoms with Gasteiger partial charge in [-0.3, -0.25) is 9.78 Å². The van der Waals surface area contributed by atoms with Gasteiger partial charge in [0.1, 0.15) is 11.5 Å². The number of ketones is 1. The van der Waals surface area contributed by atoms with Crippen molar-refractivity contribution in [3.8, 4) is 11.5 Å². The number of anilines is 2. The van der Waals surface area contributed by atoms with E-state index in [1.165, 1.54) is 5.56 Å². The first-order chi connectivity index (χ1) is 15.1. The lowest BCUT2D eigenvalue weighted by atomic mass is 10.1. The Bertz CT molecular complexity index is 1210. The fourth-order valence-electron chi connectivity index (χ4n) is 3.33. The molecule has 158 valence electrons. The largest absolute Gasteiger partial charge is 0.457 e. The van der Waals surface area contributed by atoms with E-state index < -0.39 is 0 Å². The Kier molecular flexibility index (Phi) is 5.95. The Morgan fingerprint density at radius 1 is 1.10 bits per heavy atom. The molecule has 0 aliphatic carbocycles. The molecule has 0 fully saturated rings. The van der Waals surface area contributed by atoms with E-state index in [9.17, 15) is 4.79 Å². The number of carbonyl (C=O) groups is 1. The molecule has 4 aromatic rings. The molecule has 0 aliphatic rings. The minimum atomic E-state index is -0.0658. The lowest BCUT2D eigenvalue weighted by Gasteiger charge is -2.07. The molecule has 0 atom stereocenters. The predicted molar refractivity (Wildman–Crippen MR) is 122 cm³/mol. The van der Waals surface area contributed by atoms with Crippen LogP contribution in [0.3, 0.4) is 0 Å². The summed E-state index contributed by atoms with van der Waals surface area (Å²) in [5, 5.41) is 3.37. The lowest BCUT2D eigenvalue weighted by molar-refractivity contribution is -0.117. The standard InChI is InChI=1S/C24H25N5O2/c1-3-16-4-6-17(7-5-16)27-24-28-22-14-20(8-9-23(22)29(24)2)31-21-10-11-26-18(13-21)12-19(30)15-25/h4-11,13-14H,3,12,15,25H2,1-2H3,(H,27,28). The number of hydrogen-bond acceptors (Lipinski definition) is 6. The maximum absolute atomic E-state index is 11.6. The molecule has 31 heavy (non-hydrogen) atoms. The van der Waals surface area contributed by atoms with E-state index >= 15 is 0 Å². The van der Waals surface area contributed by atoms with Crippen LogP contribution in [0.1, 0.15) is 18.2 Å². The summed E-state index contributed by atoms with van der Waals surface area (Å²) in [7, 11) is 1.97. The SMILES string of the molecule is CCc1ccc(Nc2nc3cc(Oc4ccnc(CC(=O)CN)c4)ccc3n2C)cc1. The van der Waals surface area contributed by atoms with Crippen LogP contribution in [0, 0.1) is 0 Å². The van der Waals surface area contributed by atoms with Gasteiger partial charge in [-0.05, 0) is 42.3 Å². The van der Waals surface area contributed by atoms with Gasteiger partial charge in [0.05, 0.1) is 29.7 Å². The average molecular weight is 415 g/mol. The van der Waals surface area contributed by atoms with Crippen molar-refractivity contribution in [1.29, 1.82) is 0 Å². The van der Waals surface area contributed by atoms with Crippen LogP contribution in [-0.4, -0.2) is 26.9 Å². The summed E-state index contributed by atoms with van der Waals surface area (Å²) in [5.74, 6) is 1.96. The van der Waals surface area contributed by atoms with Crippen LogP contribution in [0.15, 0.2) is 60.8 Å². The van der Waals surface area contributed by atoms with Crippen molar-refractivity contribution >= 4 is 28.5 Å². The van der Waals surface area contributed by atoms with E-state index in [1.807, 2.05) is 29.8 Å². The number of aromatic nitrogens is 3. The quantitative estimate of drug-likeness (QED) is 0.449. The Hall–Kier alpha value is -3.71. The average Bonchev–Trinajstić information content (AvgIpc) is 3.09. The summed E-state index contributed by atoms with van der Waals surface area (Å²) in [5.41, 5.74) is 10.1. The number of pyridine rings is 1. The fourth-order valence-corrected chi connectivity index (χ4v) is 3.33. The zero-order valence-corrected chi connectivity index (χ0v) is 17.6. The van der Waals surface area contributed by atoms with Gasteiger partial charge in [-0.1, -0.05) is 19.1 Å². The second-order valence-electron chi connectivity index (χ2n) is 7.32. The van der Waals surface area contributed by atoms with Gasteiger partial charge in [0.15, 0.2) is 5.78 Å². The van der Waals surface area contributed by atoms with Gasteiger partial charge in [-0.15, -0.1) is 0 Å².